The fourth-order valence-corrected chi connectivity index (χ4v) is 14.2. The first kappa shape index (κ1) is 75.4. The molecule has 8 aromatic rings. The molecule has 0 atom stereocenters. The summed E-state index contributed by atoms with van der Waals surface area (Å²) in [4.78, 5) is 76.8. The zero-order chi connectivity index (χ0) is 74.1. The number of alkyl halides is 12. The van der Waals surface area contributed by atoms with Gasteiger partial charge in [0, 0.05) is 36.2 Å². The topological polar surface area (TPSA) is 200 Å². The van der Waals surface area contributed by atoms with Crippen molar-refractivity contribution >= 4 is 35.6 Å². The zero-order valence-corrected chi connectivity index (χ0v) is 55.0. The zero-order valence-electron chi connectivity index (χ0n) is 55.0. The van der Waals surface area contributed by atoms with E-state index in [2.05, 4.69) is 16.0 Å². The largest absolute Gasteiger partial charge is 0.481 e. The van der Waals surface area contributed by atoms with Crippen molar-refractivity contribution in [3.8, 4) is 44.5 Å². The Hall–Kier alpha value is -10.3. The number of carboxylic acids is 1. The number of carbonyl (C=O) groups is 6. The number of aliphatic hydroxyl groups is 1. The Kier molecular flexibility index (Phi) is 23.1. The lowest BCUT2D eigenvalue weighted by Gasteiger charge is -2.31. The summed E-state index contributed by atoms with van der Waals surface area (Å²) < 4.78 is 160. The van der Waals surface area contributed by atoms with Crippen LogP contribution in [0.4, 0.5) is 52.7 Å². The Bertz CT molecular complexity index is 4280. The summed E-state index contributed by atoms with van der Waals surface area (Å²) in [5.41, 5.74) is 3.76. The van der Waals surface area contributed by atoms with E-state index in [9.17, 15) is 86.6 Å². The number of aliphatic hydroxyl groups excluding tert-OH is 1. The minimum Gasteiger partial charge on any atom is -0.481 e. The van der Waals surface area contributed by atoms with Crippen molar-refractivity contribution in [2.45, 2.75) is 112 Å². The van der Waals surface area contributed by atoms with Crippen LogP contribution in [-0.4, -0.2) is 96.5 Å². The van der Waals surface area contributed by atoms with Gasteiger partial charge in [-0.3, -0.25) is 28.8 Å². The average molecular weight is 1440 g/mol. The van der Waals surface area contributed by atoms with Gasteiger partial charge < -0.3 is 36.2 Å². The number of hydrogen-bond donors (Lipinski definition) is 6. The Morgan fingerprint density at radius 3 is 1.03 bits per heavy atom. The highest BCUT2D eigenvalue weighted by Crippen LogP contribution is 2.53. The molecule has 0 unspecified atom stereocenters. The number of fused-ring (bicyclic) bond motifs is 6. The molecule has 0 radical (unpaired) electrons. The third-order valence-corrected chi connectivity index (χ3v) is 19.2. The summed E-state index contributed by atoms with van der Waals surface area (Å²) in [6.45, 7) is -3.43. The molecule has 4 aliphatic carbocycles. The predicted molar refractivity (Wildman–Crippen MR) is 359 cm³/mol. The molecule has 4 aliphatic rings. The van der Waals surface area contributed by atoms with Gasteiger partial charge in [0.2, 0.25) is 11.8 Å². The third-order valence-electron chi connectivity index (χ3n) is 19.2. The Balaban J connectivity index is 0.000000184. The molecule has 25 heteroatoms. The van der Waals surface area contributed by atoms with Gasteiger partial charge in [0.25, 0.3) is 11.8 Å². The predicted octanol–water partition coefficient (Wildman–Crippen LogP) is 16.0. The minimum absolute atomic E-state index is 0.0186. The number of rotatable bonds is 17. The number of amides is 4. The molecular weight excluding hydrogens is 1360 g/mol. The molecule has 0 spiro atoms. The van der Waals surface area contributed by atoms with Crippen LogP contribution in [0, 0.1) is 11.8 Å². The molecule has 0 bridgehead atoms. The van der Waals surface area contributed by atoms with Crippen LogP contribution in [0.1, 0.15) is 118 Å². The highest BCUT2D eigenvalue weighted by atomic mass is 19.4. The lowest BCUT2D eigenvalue weighted by molar-refractivity contribution is -0.151. The summed E-state index contributed by atoms with van der Waals surface area (Å²) in [5, 5.41) is 28.5. The normalized spacial score (nSPS) is 17.7. The second-order valence-electron chi connectivity index (χ2n) is 25.6. The van der Waals surface area contributed by atoms with E-state index in [1.807, 2.05) is 41.7 Å². The number of hydrogen-bond acceptors (Lipinski definition) is 8. The molecule has 0 aliphatic heterocycles. The van der Waals surface area contributed by atoms with Gasteiger partial charge in [0.05, 0.1) is 29.6 Å². The maximum atomic E-state index is 13.7. The van der Waals surface area contributed by atoms with Crippen molar-refractivity contribution in [2.75, 3.05) is 26.3 Å². The quantitative estimate of drug-likeness (QED) is 0.0379. The van der Waals surface area contributed by atoms with Gasteiger partial charge in [0.1, 0.15) is 23.9 Å². The first-order valence-corrected chi connectivity index (χ1v) is 33.2. The van der Waals surface area contributed by atoms with Crippen LogP contribution in [0.2, 0.25) is 0 Å². The molecule has 8 aromatic carbocycles. The van der Waals surface area contributed by atoms with Crippen LogP contribution in [0.25, 0.3) is 44.5 Å². The molecule has 2 fully saturated rings. The smallest absolute Gasteiger partial charge is 0.416 e. The molecule has 6 N–H and O–H groups in total. The number of aliphatic carboxylic acids is 1. The standard InChI is InChI=1S/C39H34F6N2O4.C21H20F3NO3.C18H16F3NO2/c40-38(41,42)23-46-36(50)37(32-11-5-3-8-29(32)30-9-4-6-12-33(30)37)21-22-51-35(49)25-15-19-27(20-16-25)47-34(48)31-10-2-1-7-28(31)24-13-17-26(18-14-24)39(43,44)45;22-21(23,24)15-9-5-13(6-10-15)17-3-1-2-4-18(17)19(26)25-16-11-7-14(8-12-16)20(27)28;19-18(20,21)11-22-16(24)17(9-10-23)14-7-3-1-5-12(14)13-6-2-4-8-15(13)17/h1-14,17-18,25,27H,15-16,19-23H2,(H,46,50)(H,47,48);1-6,9-10,14,16H,7-8,11-12H2,(H,25,26)(H,27,28);1-8,23H,9-11H2,(H,22,24). The first-order valence-electron chi connectivity index (χ1n) is 33.2. The lowest BCUT2D eigenvalue weighted by atomic mass is 9.74. The second kappa shape index (κ2) is 31.5. The van der Waals surface area contributed by atoms with E-state index in [-0.39, 0.29) is 55.9 Å². The van der Waals surface area contributed by atoms with Crippen molar-refractivity contribution in [1.29, 1.82) is 0 Å². The molecule has 0 heterocycles. The molecule has 103 heavy (non-hydrogen) atoms. The fourth-order valence-electron chi connectivity index (χ4n) is 14.2. The van der Waals surface area contributed by atoms with E-state index in [0.29, 0.717) is 107 Å². The van der Waals surface area contributed by atoms with Crippen LogP contribution in [0.5, 0.6) is 0 Å². The Labute approximate surface area is 584 Å². The minimum atomic E-state index is -4.62. The van der Waals surface area contributed by atoms with Crippen molar-refractivity contribution in [2.24, 2.45) is 11.8 Å². The summed E-state index contributed by atoms with van der Waals surface area (Å²) in [6.07, 6.45) is -14.1. The lowest BCUT2D eigenvalue weighted by Crippen LogP contribution is -2.47. The molecule has 4 amide bonds. The second-order valence-corrected chi connectivity index (χ2v) is 25.6. The van der Waals surface area contributed by atoms with Crippen molar-refractivity contribution in [3.63, 3.8) is 0 Å². The van der Waals surface area contributed by atoms with Gasteiger partial charge in [0.15, 0.2) is 0 Å². The molecular formula is C78H70F12N4O9. The van der Waals surface area contributed by atoms with Gasteiger partial charge >= 0.3 is 36.6 Å². The third kappa shape index (κ3) is 17.3. The molecule has 540 valence electrons. The van der Waals surface area contributed by atoms with E-state index in [0.717, 1.165) is 46.5 Å². The molecule has 0 aromatic heterocycles. The van der Waals surface area contributed by atoms with Gasteiger partial charge in [-0.05, 0) is 161 Å². The van der Waals surface area contributed by atoms with E-state index in [1.54, 1.807) is 109 Å². The summed E-state index contributed by atoms with van der Waals surface area (Å²) in [6, 6.07) is 50.6. The molecule has 0 saturated heterocycles. The number of carboxylic acid groups (broad SMARTS) is 1. The first-order chi connectivity index (χ1) is 48.9. The van der Waals surface area contributed by atoms with Crippen LogP contribution >= 0.6 is 0 Å². The monoisotopic (exact) mass is 1430 g/mol. The maximum Gasteiger partial charge on any atom is 0.416 e. The van der Waals surface area contributed by atoms with Gasteiger partial charge in [-0.1, -0.05) is 158 Å². The Morgan fingerprint density at radius 2 is 0.709 bits per heavy atom. The molecule has 2 saturated carbocycles. The van der Waals surface area contributed by atoms with E-state index < -0.39 is 89.4 Å². The number of benzene rings is 8. The number of nitrogens with one attached hydrogen (secondary N) is 4. The van der Waals surface area contributed by atoms with Crippen molar-refractivity contribution in [3.05, 3.63) is 239 Å². The molecule has 13 nitrogen and oxygen atoms in total. The van der Waals surface area contributed by atoms with Gasteiger partial charge in [-0.25, -0.2) is 0 Å². The van der Waals surface area contributed by atoms with E-state index in [1.165, 1.54) is 24.3 Å². The van der Waals surface area contributed by atoms with Gasteiger partial charge in [-0.2, -0.15) is 52.7 Å². The van der Waals surface area contributed by atoms with Crippen LogP contribution in [0.15, 0.2) is 194 Å². The summed E-state index contributed by atoms with van der Waals surface area (Å²) >= 11 is 0. The SMILES string of the molecule is O=C(NC1CCC(C(=O)O)CC1)c1ccccc1-c1ccc(C(F)(F)F)cc1.O=C(NC1CCC(C(=O)OCCC2(C(=O)NCC(F)(F)F)c3ccccc3-c3ccccc32)CC1)c1ccccc1-c1ccc(C(F)(F)F)cc1.O=C(NCC(F)(F)F)C1(CCO)c2ccccc2-c2ccccc21. The molecule has 12 rings (SSSR count). The van der Waals surface area contributed by atoms with Crippen molar-refractivity contribution < 1.29 is 96.4 Å². The number of carbonyl (C=O) groups excluding carboxylic acids is 5. The van der Waals surface area contributed by atoms with Gasteiger partial charge in [-0.15, -0.1) is 0 Å². The summed E-state index contributed by atoms with van der Waals surface area (Å²) in [7, 11) is 0. The van der Waals surface area contributed by atoms with Crippen LogP contribution in [0.3, 0.4) is 0 Å². The highest BCUT2D eigenvalue weighted by molar-refractivity contribution is 6.03. The average Bonchev–Trinajstić information content (AvgIpc) is 1.57. The Morgan fingerprint density at radius 1 is 0.398 bits per heavy atom. The van der Waals surface area contributed by atoms with E-state index >= 15 is 0 Å². The number of esters is 1. The van der Waals surface area contributed by atoms with Crippen LogP contribution in [-0.2, 0) is 47.1 Å². The highest BCUT2D eigenvalue weighted by Gasteiger charge is 2.51. The maximum absolute atomic E-state index is 13.7. The number of halogens is 12. The van der Waals surface area contributed by atoms with Crippen LogP contribution < -0.4 is 21.3 Å². The van der Waals surface area contributed by atoms with E-state index in [4.69, 9.17) is 9.84 Å². The summed E-state index contributed by atoms with van der Waals surface area (Å²) in [5.74, 6) is -4.41. The fraction of sp³-hybridized carbons (Fsp3) is 0.308. The van der Waals surface area contributed by atoms with Crippen molar-refractivity contribution in [1.82, 2.24) is 21.3 Å². The number of ether oxygens (including phenoxy) is 1.